The minimum Gasteiger partial charge on any atom is -0.497 e. The highest BCUT2D eigenvalue weighted by Gasteiger charge is 2.12. The van der Waals surface area contributed by atoms with Crippen molar-refractivity contribution < 1.29 is 9.47 Å². The Kier molecular flexibility index (Phi) is 9.23. The summed E-state index contributed by atoms with van der Waals surface area (Å²) in [5.41, 5.74) is 2.31. The van der Waals surface area contributed by atoms with Gasteiger partial charge in [0.2, 0.25) is 0 Å². The minimum atomic E-state index is 0.0302. The first-order valence-electron chi connectivity index (χ1n) is 9.66. The van der Waals surface area contributed by atoms with Crippen LogP contribution in [0.15, 0.2) is 34.6 Å². The Morgan fingerprint density at radius 2 is 2.18 bits per heavy atom. The van der Waals surface area contributed by atoms with Crippen LogP contribution in [0.5, 0.6) is 5.75 Å². The van der Waals surface area contributed by atoms with Gasteiger partial charge in [-0.15, -0.1) is 11.3 Å². The molecule has 0 amide bonds. The summed E-state index contributed by atoms with van der Waals surface area (Å²) in [6.07, 6.45) is 2.00. The first-order valence-corrected chi connectivity index (χ1v) is 10.5. The number of guanidine groups is 1. The maximum Gasteiger partial charge on any atom is 0.194 e. The van der Waals surface area contributed by atoms with E-state index in [-0.39, 0.29) is 6.10 Å². The van der Waals surface area contributed by atoms with E-state index in [1.807, 2.05) is 26.1 Å². The van der Waals surface area contributed by atoms with Crippen LogP contribution in [0.25, 0.3) is 0 Å². The zero-order valence-corrected chi connectivity index (χ0v) is 18.4. The van der Waals surface area contributed by atoms with Gasteiger partial charge >= 0.3 is 0 Å². The van der Waals surface area contributed by atoms with Gasteiger partial charge < -0.3 is 19.7 Å². The van der Waals surface area contributed by atoms with E-state index in [0.717, 1.165) is 48.3 Å². The number of aliphatic imine (C=N–C) groups is 1. The lowest BCUT2D eigenvalue weighted by atomic mass is 10.1. The highest BCUT2D eigenvalue weighted by Crippen LogP contribution is 2.21. The Balaban J connectivity index is 1.90. The van der Waals surface area contributed by atoms with Crippen molar-refractivity contribution in [1.29, 1.82) is 0 Å². The fraction of sp³-hybridized carbons (Fsp3) is 0.524. The molecule has 2 rings (SSSR count). The van der Waals surface area contributed by atoms with E-state index in [1.165, 1.54) is 5.56 Å². The van der Waals surface area contributed by atoms with E-state index in [0.29, 0.717) is 6.54 Å². The van der Waals surface area contributed by atoms with Gasteiger partial charge in [-0.05, 0) is 44.4 Å². The third-order valence-corrected chi connectivity index (χ3v) is 5.44. The largest absolute Gasteiger partial charge is 0.497 e. The summed E-state index contributed by atoms with van der Waals surface area (Å²) in [6.45, 7) is 6.42. The van der Waals surface area contributed by atoms with Gasteiger partial charge in [0.05, 0.1) is 19.3 Å². The van der Waals surface area contributed by atoms with E-state index >= 15 is 0 Å². The molecule has 6 nitrogen and oxygen atoms in total. The summed E-state index contributed by atoms with van der Waals surface area (Å²) < 4.78 is 10.6. The van der Waals surface area contributed by atoms with E-state index in [2.05, 4.69) is 39.6 Å². The van der Waals surface area contributed by atoms with Crippen LogP contribution >= 0.6 is 11.3 Å². The molecule has 1 aromatic heterocycles. The number of hydrogen-bond acceptors (Lipinski definition) is 5. The lowest BCUT2D eigenvalue weighted by Crippen LogP contribution is -2.38. The average Bonchev–Trinajstić information content (AvgIpc) is 3.18. The van der Waals surface area contributed by atoms with Gasteiger partial charge in [0.15, 0.2) is 5.96 Å². The Labute approximate surface area is 172 Å². The number of nitrogens with zero attached hydrogens (tertiary/aromatic N) is 3. The zero-order valence-electron chi connectivity index (χ0n) is 17.6. The van der Waals surface area contributed by atoms with Gasteiger partial charge in [0.25, 0.3) is 0 Å². The number of aryl methyl sites for hydroxylation is 1. The Morgan fingerprint density at radius 1 is 1.36 bits per heavy atom. The summed E-state index contributed by atoms with van der Waals surface area (Å²) in [7, 11) is 5.45. The smallest absolute Gasteiger partial charge is 0.194 e. The number of aromatic nitrogens is 1. The molecule has 0 fully saturated rings. The second-order valence-corrected chi connectivity index (χ2v) is 7.49. The van der Waals surface area contributed by atoms with Gasteiger partial charge in [-0.2, -0.15) is 0 Å². The van der Waals surface area contributed by atoms with Crippen LogP contribution in [0.2, 0.25) is 0 Å². The standard InChI is InChI=1S/C21H32N4O2S/c1-6-22-21(23-12-8-10-17-9-7-11-19(13-17)27-5)25(3)14-18-15-28-20(24-18)16(2)26-4/h7,9,11,13,15-16H,6,8,10,12,14H2,1-5H3,(H,22,23). The van der Waals surface area contributed by atoms with E-state index < -0.39 is 0 Å². The Morgan fingerprint density at radius 3 is 2.89 bits per heavy atom. The topological polar surface area (TPSA) is 59.0 Å². The summed E-state index contributed by atoms with van der Waals surface area (Å²) in [5.74, 6) is 1.81. The molecule has 0 aliphatic rings. The molecule has 0 radical (unpaired) electrons. The SMILES string of the molecule is CCNC(=NCCCc1cccc(OC)c1)N(C)Cc1csc(C(C)OC)n1. The van der Waals surface area contributed by atoms with Crippen molar-refractivity contribution >= 4 is 17.3 Å². The van der Waals surface area contributed by atoms with Crippen LogP contribution < -0.4 is 10.1 Å². The van der Waals surface area contributed by atoms with Crippen LogP contribution in [0.4, 0.5) is 0 Å². The number of rotatable bonds is 10. The van der Waals surface area contributed by atoms with Gasteiger partial charge in [-0.1, -0.05) is 12.1 Å². The maximum absolute atomic E-state index is 5.35. The van der Waals surface area contributed by atoms with Gasteiger partial charge in [-0.25, -0.2) is 4.98 Å². The Bertz CT molecular complexity index is 748. The molecule has 0 saturated carbocycles. The molecule has 1 unspecified atom stereocenters. The second kappa shape index (κ2) is 11.7. The molecule has 2 aromatic rings. The summed E-state index contributed by atoms with van der Waals surface area (Å²) in [5, 5.41) is 6.46. The zero-order chi connectivity index (χ0) is 20.4. The molecule has 0 spiro atoms. The van der Waals surface area contributed by atoms with Crippen molar-refractivity contribution in [3.05, 3.63) is 45.9 Å². The number of benzene rings is 1. The first-order chi connectivity index (χ1) is 13.6. The minimum absolute atomic E-state index is 0.0302. The number of hydrogen-bond donors (Lipinski definition) is 1. The highest BCUT2D eigenvalue weighted by atomic mass is 32.1. The van der Waals surface area contributed by atoms with Crippen LogP contribution in [-0.4, -0.2) is 50.2 Å². The molecular formula is C21H32N4O2S. The monoisotopic (exact) mass is 404 g/mol. The van der Waals surface area contributed by atoms with Gasteiger partial charge in [-0.3, -0.25) is 4.99 Å². The number of ether oxygens (including phenoxy) is 2. The predicted molar refractivity (Wildman–Crippen MR) is 116 cm³/mol. The third kappa shape index (κ3) is 6.80. The van der Waals surface area contributed by atoms with Gasteiger partial charge in [0.1, 0.15) is 16.9 Å². The first kappa shape index (κ1) is 22.2. The summed E-state index contributed by atoms with van der Waals surface area (Å²) in [6, 6.07) is 8.21. The molecule has 1 aromatic carbocycles. The van der Waals surface area contributed by atoms with Crippen molar-refractivity contribution in [3.63, 3.8) is 0 Å². The van der Waals surface area contributed by atoms with Crippen LogP contribution in [0.1, 0.15) is 42.6 Å². The fourth-order valence-electron chi connectivity index (χ4n) is 2.77. The molecule has 0 saturated heterocycles. The normalized spacial score (nSPS) is 12.7. The third-order valence-electron chi connectivity index (χ3n) is 4.39. The lowest BCUT2D eigenvalue weighted by Gasteiger charge is -2.21. The van der Waals surface area contributed by atoms with Crippen molar-refractivity contribution in [2.75, 3.05) is 34.4 Å². The molecule has 0 aliphatic carbocycles. The number of nitrogens with one attached hydrogen (secondary N) is 1. The van der Waals surface area contributed by atoms with Crippen molar-refractivity contribution in [2.45, 2.75) is 39.3 Å². The molecule has 1 atom stereocenters. The summed E-state index contributed by atoms with van der Waals surface area (Å²) >= 11 is 1.64. The van der Waals surface area contributed by atoms with E-state index in [9.17, 15) is 0 Å². The second-order valence-electron chi connectivity index (χ2n) is 6.60. The molecule has 0 aliphatic heterocycles. The van der Waals surface area contributed by atoms with E-state index in [4.69, 9.17) is 14.5 Å². The van der Waals surface area contributed by atoms with Crippen LogP contribution in [-0.2, 0) is 17.7 Å². The molecule has 28 heavy (non-hydrogen) atoms. The van der Waals surface area contributed by atoms with Crippen molar-refractivity contribution in [3.8, 4) is 5.75 Å². The maximum atomic E-state index is 5.35. The average molecular weight is 405 g/mol. The fourth-order valence-corrected chi connectivity index (χ4v) is 3.61. The molecule has 7 heteroatoms. The van der Waals surface area contributed by atoms with E-state index in [1.54, 1.807) is 25.6 Å². The number of thiazole rings is 1. The Hall–Kier alpha value is -2.12. The molecule has 1 heterocycles. The predicted octanol–water partition coefficient (Wildman–Crippen LogP) is 3.89. The van der Waals surface area contributed by atoms with Gasteiger partial charge in [0, 0.05) is 32.6 Å². The lowest BCUT2D eigenvalue weighted by molar-refractivity contribution is 0.119. The number of methoxy groups -OCH3 is 2. The molecule has 1 N–H and O–H groups in total. The molecule has 154 valence electrons. The highest BCUT2D eigenvalue weighted by molar-refractivity contribution is 7.09. The molecule has 0 bridgehead atoms. The van der Waals surface area contributed by atoms with Crippen molar-refractivity contribution in [2.24, 2.45) is 4.99 Å². The molecular weight excluding hydrogens is 372 g/mol. The van der Waals surface area contributed by atoms with Crippen LogP contribution in [0.3, 0.4) is 0 Å². The summed E-state index contributed by atoms with van der Waals surface area (Å²) in [4.78, 5) is 11.6. The van der Waals surface area contributed by atoms with Crippen molar-refractivity contribution in [1.82, 2.24) is 15.2 Å². The quantitative estimate of drug-likeness (QED) is 0.370. The van der Waals surface area contributed by atoms with Crippen LogP contribution in [0, 0.1) is 0 Å².